The lowest BCUT2D eigenvalue weighted by molar-refractivity contribution is -0.137. The molecular formula is C30H40N4O5. The molecule has 3 atom stereocenters. The average Bonchev–Trinajstić information content (AvgIpc) is 2.95. The van der Waals surface area contributed by atoms with Crippen molar-refractivity contribution < 1.29 is 23.9 Å². The summed E-state index contributed by atoms with van der Waals surface area (Å²) in [6.07, 6.45) is 2.32. The average molecular weight is 537 g/mol. The minimum Gasteiger partial charge on any atom is -0.491 e. The normalized spacial score (nSPS) is 19.9. The fraction of sp³-hybridized carbons (Fsp3) is 0.467. The summed E-state index contributed by atoms with van der Waals surface area (Å²) in [5, 5.41) is 8.55. The van der Waals surface area contributed by atoms with Crippen LogP contribution in [0, 0.1) is 5.92 Å². The number of carbonyl (C=O) groups excluding carboxylic acids is 4. The second-order valence-corrected chi connectivity index (χ2v) is 9.98. The summed E-state index contributed by atoms with van der Waals surface area (Å²) in [5.74, 6) is -1.09. The van der Waals surface area contributed by atoms with Gasteiger partial charge in [0.2, 0.25) is 17.7 Å². The van der Waals surface area contributed by atoms with Gasteiger partial charge in [-0.1, -0.05) is 62.7 Å². The number of para-hydroxylation sites is 1. The number of ether oxygens (including phenoxy) is 1. The van der Waals surface area contributed by atoms with Crippen molar-refractivity contribution in [1.29, 1.82) is 0 Å². The van der Waals surface area contributed by atoms with Gasteiger partial charge in [0.1, 0.15) is 24.4 Å². The zero-order chi connectivity index (χ0) is 28.2. The van der Waals surface area contributed by atoms with E-state index in [4.69, 9.17) is 4.74 Å². The summed E-state index contributed by atoms with van der Waals surface area (Å²) < 4.78 is 5.87. The van der Waals surface area contributed by atoms with Gasteiger partial charge in [-0.25, -0.2) is 0 Å². The Bertz CT molecular complexity index is 1120. The highest BCUT2D eigenvalue weighted by molar-refractivity contribution is 5.99. The number of aryl methyl sites for hydroxylation is 1. The lowest BCUT2D eigenvalue weighted by Crippen LogP contribution is -2.52. The van der Waals surface area contributed by atoms with Crippen molar-refractivity contribution in [3.63, 3.8) is 0 Å². The van der Waals surface area contributed by atoms with Gasteiger partial charge in [0.05, 0.1) is 12.1 Å². The minimum absolute atomic E-state index is 0.0234. The molecule has 0 bridgehead atoms. The Kier molecular flexibility index (Phi) is 11.3. The molecule has 0 saturated heterocycles. The zero-order valence-corrected chi connectivity index (χ0v) is 23.1. The fourth-order valence-electron chi connectivity index (χ4n) is 4.40. The van der Waals surface area contributed by atoms with E-state index in [2.05, 4.69) is 16.0 Å². The summed E-state index contributed by atoms with van der Waals surface area (Å²) >= 11 is 0. The third-order valence-electron chi connectivity index (χ3n) is 7.05. The molecule has 0 aromatic heterocycles. The predicted octanol–water partition coefficient (Wildman–Crippen LogP) is 2.70. The highest BCUT2D eigenvalue weighted by Gasteiger charge is 2.30. The number of likely N-dealkylation sites (N-methyl/N-ethyl adjacent to an activating group) is 1. The van der Waals surface area contributed by atoms with E-state index in [0.717, 1.165) is 12.8 Å². The van der Waals surface area contributed by atoms with E-state index in [1.54, 1.807) is 31.3 Å². The quantitative estimate of drug-likeness (QED) is 0.471. The van der Waals surface area contributed by atoms with Crippen LogP contribution in [-0.4, -0.2) is 67.4 Å². The van der Waals surface area contributed by atoms with Gasteiger partial charge >= 0.3 is 0 Å². The SMILES string of the molecule is CC[C@H](C)[C@@H]1NC(=O)CC[C@@H](C(=O)NCCCc2ccccc2)NC(=O)c2ccccc2OCCN(C)C1=O. The molecule has 2 aromatic rings. The Morgan fingerprint density at radius 3 is 2.54 bits per heavy atom. The number of hydrogen-bond donors (Lipinski definition) is 3. The minimum atomic E-state index is -0.932. The zero-order valence-electron chi connectivity index (χ0n) is 23.1. The van der Waals surface area contributed by atoms with E-state index in [1.807, 2.05) is 44.2 Å². The first-order valence-corrected chi connectivity index (χ1v) is 13.7. The lowest BCUT2D eigenvalue weighted by Gasteiger charge is -2.28. The van der Waals surface area contributed by atoms with Crippen LogP contribution in [0.4, 0.5) is 0 Å². The molecule has 0 radical (unpaired) electrons. The van der Waals surface area contributed by atoms with Gasteiger partial charge < -0.3 is 25.6 Å². The molecule has 1 aliphatic heterocycles. The van der Waals surface area contributed by atoms with Crippen molar-refractivity contribution in [3.05, 3.63) is 65.7 Å². The van der Waals surface area contributed by atoms with E-state index >= 15 is 0 Å². The van der Waals surface area contributed by atoms with Crippen molar-refractivity contribution >= 4 is 23.6 Å². The maximum absolute atomic E-state index is 13.2. The lowest BCUT2D eigenvalue weighted by atomic mass is 9.97. The van der Waals surface area contributed by atoms with Crippen molar-refractivity contribution in [1.82, 2.24) is 20.9 Å². The first-order chi connectivity index (χ1) is 18.8. The first-order valence-electron chi connectivity index (χ1n) is 13.7. The summed E-state index contributed by atoms with van der Waals surface area (Å²) in [6.45, 7) is 4.77. The van der Waals surface area contributed by atoms with Gasteiger partial charge in [-0.05, 0) is 42.9 Å². The number of hydrogen-bond acceptors (Lipinski definition) is 5. The monoisotopic (exact) mass is 536 g/mol. The molecule has 1 heterocycles. The smallest absolute Gasteiger partial charge is 0.255 e. The molecule has 4 amide bonds. The Hall–Kier alpha value is -3.88. The maximum Gasteiger partial charge on any atom is 0.255 e. The van der Waals surface area contributed by atoms with Crippen molar-refractivity contribution in [2.45, 2.75) is 58.0 Å². The van der Waals surface area contributed by atoms with E-state index in [1.165, 1.54) is 10.5 Å². The fourth-order valence-corrected chi connectivity index (χ4v) is 4.40. The number of benzene rings is 2. The topological polar surface area (TPSA) is 117 Å². The standard InChI is InChI=1S/C30H40N4O5/c1-4-21(2)27-30(38)34(3)19-20-39-25-15-9-8-14-23(25)28(36)32-24(16-17-26(35)33-27)29(37)31-18-10-13-22-11-6-5-7-12-22/h5-9,11-12,14-15,21,24,27H,4,10,13,16-20H2,1-3H3,(H,31,37)(H,32,36)(H,33,35)/t21-,24-,27-/m0/s1. The van der Waals surface area contributed by atoms with Crippen LogP contribution in [0.3, 0.4) is 0 Å². The van der Waals surface area contributed by atoms with E-state index in [-0.39, 0.29) is 55.2 Å². The van der Waals surface area contributed by atoms with Crippen LogP contribution >= 0.6 is 0 Å². The predicted molar refractivity (Wildman–Crippen MR) is 149 cm³/mol. The van der Waals surface area contributed by atoms with E-state index in [0.29, 0.717) is 18.7 Å². The molecule has 39 heavy (non-hydrogen) atoms. The third kappa shape index (κ3) is 8.84. The van der Waals surface area contributed by atoms with E-state index in [9.17, 15) is 19.2 Å². The molecule has 2 aromatic carbocycles. The molecule has 1 aliphatic rings. The Morgan fingerprint density at radius 2 is 1.79 bits per heavy atom. The Balaban J connectivity index is 1.76. The molecule has 210 valence electrons. The summed E-state index contributed by atoms with van der Waals surface area (Å²) in [4.78, 5) is 54.0. The number of nitrogens with one attached hydrogen (secondary N) is 3. The van der Waals surface area contributed by atoms with Gasteiger partial charge in [0.15, 0.2) is 0 Å². The van der Waals surface area contributed by atoms with Crippen LogP contribution in [0.5, 0.6) is 5.75 Å². The maximum atomic E-state index is 13.2. The van der Waals surface area contributed by atoms with Crippen LogP contribution in [-0.2, 0) is 20.8 Å². The van der Waals surface area contributed by atoms with Gasteiger partial charge in [-0.15, -0.1) is 0 Å². The van der Waals surface area contributed by atoms with Gasteiger partial charge in [0.25, 0.3) is 5.91 Å². The number of rotatable bonds is 7. The molecule has 0 unspecified atom stereocenters. The highest BCUT2D eigenvalue weighted by atomic mass is 16.5. The largest absolute Gasteiger partial charge is 0.491 e. The van der Waals surface area contributed by atoms with Gasteiger partial charge in [-0.2, -0.15) is 0 Å². The van der Waals surface area contributed by atoms with Crippen LogP contribution in [0.1, 0.15) is 55.5 Å². The highest BCUT2D eigenvalue weighted by Crippen LogP contribution is 2.19. The summed E-state index contributed by atoms with van der Waals surface area (Å²) in [6, 6.07) is 15.1. The number of amides is 4. The van der Waals surface area contributed by atoms with Crippen molar-refractivity contribution in [3.8, 4) is 5.75 Å². The van der Waals surface area contributed by atoms with Crippen molar-refractivity contribution in [2.75, 3.05) is 26.7 Å². The summed E-state index contributed by atoms with van der Waals surface area (Å²) in [7, 11) is 1.67. The van der Waals surface area contributed by atoms with Crippen LogP contribution in [0.2, 0.25) is 0 Å². The Morgan fingerprint density at radius 1 is 1.08 bits per heavy atom. The van der Waals surface area contributed by atoms with Crippen LogP contribution in [0.25, 0.3) is 0 Å². The number of fused-ring (bicyclic) bond motifs is 1. The molecule has 0 fully saturated rings. The first kappa shape index (κ1) is 29.7. The molecule has 9 nitrogen and oxygen atoms in total. The molecule has 0 aliphatic carbocycles. The molecule has 0 saturated carbocycles. The van der Waals surface area contributed by atoms with Gasteiger partial charge in [0, 0.05) is 20.0 Å². The second kappa shape index (κ2) is 14.9. The van der Waals surface area contributed by atoms with Crippen LogP contribution in [0.15, 0.2) is 54.6 Å². The number of carbonyl (C=O) groups is 4. The van der Waals surface area contributed by atoms with E-state index < -0.39 is 18.0 Å². The summed E-state index contributed by atoms with van der Waals surface area (Å²) in [5.41, 5.74) is 1.46. The van der Waals surface area contributed by atoms with Crippen molar-refractivity contribution in [2.24, 2.45) is 5.92 Å². The molecule has 3 rings (SSSR count). The molecule has 9 heteroatoms. The molecular weight excluding hydrogens is 496 g/mol. The second-order valence-electron chi connectivity index (χ2n) is 9.98. The molecule has 0 spiro atoms. The number of nitrogens with zero attached hydrogens (tertiary/aromatic N) is 1. The third-order valence-corrected chi connectivity index (χ3v) is 7.05. The van der Waals surface area contributed by atoms with Gasteiger partial charge in [-0.3, -0.25) is 19.2 Å². The van der Waals surface area contributed by atoms with Crippen LogP contribution < -0.4 is 20.7 Å². The Labute approximate surface area is 230 Å². The molecule has 3 N–H and O–H groups in total.